The van der Waals surface area contributed by atoms with Gasteiger partial charge in [0.25, 0.3) is 0 Å². The molecule has 0 fully saturated rings. The van der Waals surface area contributed by atoms with E-state index in [1.165, 1.54) is 4.58 Å². The Hall–Kier alpha value is -0.900. The van der Waals surface area contributed by atoms with E-state index in [9.17, 15) is 4.79 Å². The first-order chi connectivity index (χ1) is 4.66. The second-order valence-corrected chi connectivity index (χ2v) is 2.02. The van der Waals surface area contributed by atoms with Crippen molar-refractivity contribution < 1.29 is 19.6 Å². The molecule has 58 valence electrons. The third-order valence-corrected chi connectivity index (χ3v) is 0.991. The summed E-state index contributed by atoms with van der Waals surface area (Å²) in [6.07, 6.45) is 0.566. The van der Waals surface area contributed by atoms with Gasteiger partial charge in [0.2, 0.25) is 6.54 Å². The van der Waals surface area contributed by atoms with E-state index in [0.29, 0.717) is 13.0 Å². The van der Waals surface area contributed by atoms with Gasteiger partial charge in [-0.3, -0.25) is 0 Å². The van der Waals surface area contributed by atoms with Gasteiger partial charge in [-0.05, 0) is 0 Å². The molecule has 4 nitrogen and oxygen atoms in total. The first-order valence-electron chi connectivity index (χ1n) is 3.05. The van der Waals surface area contributed by atoms with Crippen LogP contribution in [0.4, 0.5) is 0 Å². The third kappa shape index (κ3) is 5.24. The summed E-state index contributed by atoms with van der Waals surface area (Å²) in [5.41, 5.74) is 0. The average molecular weight is 146 g/mol. The van der Waals surface area contributed by atoms with E-state index < -0.39 is 5.97 Å². The van der Waals surface area contributed by atoms with E-state index in [1.807, 2.05) is 0 Å². The van der Waals surface area contributed by atoms with E-state index in [-0.39, 0.29) is 13.2 Å². The number of nitrogens with zero attached hydrogens (tertiary/aromatic N) is 1. The molecule has 0 saturated carbocycles. The first-order valence-corrected chi connectivity index (χ1v) is 3.05. The van der Waals surface area contributed by atoms with Crippen LogP contribution in [0, 0.1) is 0 Å². The van der Waals surface area contributed by atoms with Gasteiger partial charge in [0, 0.05) is 13.0 Å². The van der Waals surface area contributed by atoms with E-state index in [1.54, 1.807) is 0 Å². The Balaban J connectivity index is 3.35. The van der Waals surface area contributed by atoms with Crippen molar-refractivity contribution in [3.8, 4) is 0 Å². The van der Waals surface area contributed by atoms with Crippen molar-refractivity contribution >= 4 is 12.7 Å². The summed E-state index contributed by atoms with van der Waals surface area (Å²) in [7, 11) is 0. The maximum absolute atomic E-state index is 10.0. The minimum absolute atomic E-state index is 0.0694. The molecule has 0 aromatic heterocycles. The summed E-state index contributed by atoms with van der Waals surface area (Å²) in [5, 5.41) is 16.6. The molecule has 0 aliphatic rings. The molecular formula is C6H12NO3+. The summed E-state index contributed by atoms with van der Waals surface area (Å²) < 4.78 is 1.40. The van der Waals surface area contributed by atoms with Crippen molar-refractivity contribution in [3.63, 3.8) is 0 Å². The zero-order valence-electron chi connectivity index (χ0n) is 5.79. The van der Waals surface area contributed by atoms with Gasteiger partial charge in [-0.1, -0.05) is 0 Å². The lowest BCUT2D eigenvalue weighted by molar-refractivity contribution is -0.510. The molecule has 0 aromatic carbocycles. The molecule has 0 atom stereocenters. The Bertz CT molecular complexity index is 133. The molecule has 0 heterocycles. The lowest BCUT2D eigenvalue weighted by Crippen LogP contribution is -2.20. The van der Waals surface area contributed by atoms with Gasteiger partial charge >= 0.3 is 5.97 Å². The molecule has 0 bridgehead atoms. The molecule has 0 aromatic rings. The summed E-state index contributed by atoms with van der Waals surface area (Å²) in [5.74, 6) is -0.895. The van der Waals surface area contributed by atoms with Gasteiger partial charge in [0.1, 0.15) is 13.3 Å². The van der Waals surface area contributed by atoms with Crippen LogP contribution in [0.3, 0.4) is 0 Å². The Labute approximate surface area is 59.4 Å². The van der Waals surface area contributed by atoms with Crippen LogP contribution in [0.25, 0.3) is 0 Å². The highest BCUT2D eigenvalue weighted by molar-refractivity contribution is 5.67. The van der Waals surface area contributed by atoms with Crippen LogP contribution in [0.5, 0.6) is 0 Å². The molecule has 0 aliphatic heterocycles. The fraction of sp³-hybridized carbons (Fsp3) is 0.667. The number of carboxylic acids is 1. The van der Waals surface area contributed by atoms with Gasteiger partial charge < -0.3 is 10.2 Å². The van der Waals surface area contributed by atoms with Crippen molar-refractivity contribution in [2.24, 2.45) is 0 Å². The van der Waals surface area contributed by atoms with Crippen LogP contribution in [-0.2, 0) is 4.79 Å². The molecule has 0 rings (SSSR count). The third-order valence-electron chi connectivity index (χ3n) is 0.991. The van der Waals surface area contributed by atoms with Crippen LogP contribution in [0.1, 0.15) is 6.42 Å². The number of aliphatic hydroxyl groups excluding tert-OH is 1. The van der Waals surface area contributed by atoms with Gasteiger partial charge in [0.05, 0.1) is 0 Å². The molecule has 0 amide bonds. The predicted octanol–water partition coefficient (Wildman–Crippen LogP) is -0.834. The van der Waals surface area contributed by atoms with Crippen molar-refractivity contribution in [3.05, 3.63) is 0 Å². The summed E-state index contributed by atoms with van der Waals surface area (Å²) >= 11 is 0. The fourth-order valence-corrected chi connectivity index (χ4v) is 0.565. The maximum atomic E-state index is 10.0. The standard InChI is InChI=1S/C6H11NO3/c1-7(3-2-4-8)5-6(9)10/h8H,1-5H2/p+1. The SMILES string of the molecule is C=[N+](CCCO)CC(=O)O. The molecule has 10 heavy (non-hydrogen) atoms. The minimum atomic E-state index is -0.895. The monoisotopic (exact) mass is 146 g/mol. The van der Waals surface area contributed by atoms with Crippen LogP contribution in [-0.4, -0.2) is 47.2 Å². The minimum Gasteiger partial charge on any atom is -0.477 e. The number of hydrogen-bond acceptors (Lipinski definition) is 2. The Morgan fingerprint density at radius 1 is 1.60 bits per heavy atom. The number of carbonyl (C=O) groups is 1. The van der Waals surface area contributed by atoms with E-state index in [2.05, 4.69) is 6.72 Å². The molecule has 0 aliphatic carbocycles. The number of aliphatic carboxylic acids is 1. The highest BCUT2D eigenvalue weighted by atomic mass is 16.4. The van der Waals surface area contributed by atoms with Crippen LogP contribution in [0.2, 0.25) is 0 Å². The molecular weight excluding hydrogens is 134 g/mol. The largest absolute Gasteiger partial charge is 0.477 e. The van der Waals surface area contributed by atoms with Gasteiger partial charge in [-0.25, -0.2) is 9.37 Å². The smallest absolute Gasteiger partial charge is 0.369 e. The Kier molecular flexibility index (Phi) is 4.49. The summed E-state index contributed by atoms with van der Waals surface area (Å²) in [4.78, 5) is 10.0. The number of aliphatic hydroxyl groups is 1. The molecule has 0 saturated heterocycles. The first kappa shape index (κ1) is 9.10. The van der Waals surface area contributed by atoms with Crippen LogP contribution in [0.15, 0.2) is 0 Å². The second kappa shape index (κ2) is 4.93. The topological polar surface area (TPSA) is 60.5 Å². The van der Waals surface area contributed by atoms with E-state index >= 15 is 0 Å². The van der Waals surface area contributed by atoms with Crippen molar-refractivity contribution in [1.29, 1.82) is 0 Å². The molecule has 0 radical (unpaired) electrons. The van der Waals surface area contributed by atoms with Crippen molar-refractivity contribution in [1.82, 2.24) is 0 Å². The number of carboxylic acid groups (broad SMARTS) is 1. The van der Waals surface area contributed by atoms with Crippen molar-refractivity contribution in [2.75, 3.05) is 19.7 Å². The Morgan fingerprint density at radius 2 is 2.20 bits per heavy atom. The quantitative estimate of drug-likeness (QED) is 0.393. The highest BCUT2D eigenvalue weighted by Crippen LogP contribution is 1.78. The Morgan fingerprint density at radius 3 is 2.60 bits per heavy atom. The zero-order valence-corrected chi connectivity index (χ0v) is 5.79. The van der Waals surface area contributed by atoms with Crippen molar-refractivity contribution in [2.45, 2.75) is 6.42 Å². The zero-order chi connectivity index (χ0) is 7.98. The van der Waals surface area contributed by atoms with Crippen LogP contribution >= 0.6 is 0 Å². The average Bonchev–Trinajstić information content (AvgIpc) is 1.82. The second-order valence-electron chi connectivity index (χ2n) is 2.02. The van der Waals surface area contributed by atoms with E-state index in [4.69, 9.17) is 10.2 Å². The number of rotatable bonds is 5. The predicted molar refractivity (Wildman–Crippen MR) is 36.5 cm³/mol. The summed E-state index contributed by atoms with van der Waals surface area (Å²) in [6.45, 7) is 3.98. The fourth-order valence-electron chi connectivity index (χ4n) is 0.565. The molecule has 2 N–H and O–H groups in total. The van der Waals surface area contributed by atoms with Gasteiger partial charge in [-0.2, -0.15) is 0 Å². The van der Waals surface area contributed by atoms with Gasteiger partial charge in [-0.15, -0.1) is 0 Å². The lowest BCUT2D eigenvalue weighted by atomic mass is 10.4. The maximum Gasteiger partial charge on any atom is 0.369 e. The van der Waals surface area contributed by atoms with E-state index in [0.717, 1.165) is 0 Å². The molecule has 4 heteroatoms. The summed E-state index contributed by atoms with van der Waals surface area (Å²) in [6, 6.07) is 0. The number of hydrogen-bond donors (Lipinski definition) is 2. The van der Waals surface area contributed by atoms with Gasteiger partial charge in [0.15, 0.2) is 0 Å². The lowest BCUT2D eigenvalue weighted by Gasteiger charge is -1.95. The highest BCUT2D eigenvalue weighted by Gasteiger charge is 2.05. The normalized spacial score (nSPS) is 9.30. The molecule has 0 spiro atoms. The van der Waals surface area contributed by atoms with Crippen LogP contribution < -0.4 is 0 Å². The molecule has 0 unspecified atom stereocenters.